The van der Waals surface area contributed by atoms with Crippen LogP contribution in [0.4, 0.5) is 4.79 Å². The van der Waals surface area contributed by atoms with Crippen LogP contribution in [-0.4, -0.2) is 71.7 Å². The van der Waals surface area contributed by atoms with Crippen LogP contribution in [0, 0.1) is 11.3 Å². The molecule has 1 spiro atoms. The van der Waals surface area contributed by atoms with E-state index in [1.165, 1.54) is 5.56 Å². The molecule has 3 aliphatic heterocycles. The zero-order valence-corrected chi connectivity index (χ0v) is 16.5. The Kier molecular flexibility index (Phi) is 4.47. The minimum Gasteiger partial charge on any atom is -0.366 e. The van der Waals surface area contributed by atoms with Crippen LogP contribution in [0.2, 0.25) is 5.02 Å². The SMILES string of the molecule is O=C1CO[C@H]2CCN(C(=O)N3CC4(CC(Cc5cncc(Cl)c5)C4)C3)C[C@H]2N1. The number of hydrogen-bond acceptors (Lipinski definition) is 4. The third-order valence-corrected chi connectivity index (χ3v) is 6.85. The van der Waals surface area contributed by atoms with E-state index in [4.69, 9.17) is 16.3 Å². The third-order valence-electron chi connectivity index (χ3n) is 6.65. The van der Waals surface area contributed by atoms with Crippen molar-refractivity contribution in [2.75, 3.05) is 32.8 Å². The van der Waals surface area contributed by atoms with Crippen LogP contribution in [0.25, 0.3) is 0 Å². The van der Waals surface area contributed by atoms with Crippen LogP contribution in [-0.2, 0) is 16.0 Å². The largest absolute Gasteiger partial charge is 0.366 e. The minimum atomic E-state index is -0.0890. The molecule has 0 aromatic carbocycles. The van der Waals surface area contributed by atoms with Crippen LogP contribution >= 0.6 is 11.6 Å². The van der Waals surface area contributed by atoms with Crippen molar-refractivity contribution in [2.45, 2.75) is 37.8 Å². The van der Waals surface area contributed by atoms with Gasteiger partial charge in [0.1, 0.15) is 6.61 Å². The Bertz CT molecular complexity index is 789. The summed E-state index contributed by atoms with van der Waals surface area (Å²) < 4.78 is 5.57. The van der Waals surface area contributed by atoms with E-state index < -0.39 is 0 Å². The standard InChI is InChI=1S/C20H25ClN4O3/c21-15-4-13(7-22-8-15)3-14-5-20(6-14)11-25(12-20)19(27)24-2-1-17-16(9-24)23-18(26)10-28-17/h4,7-8,14,16-17H,1-3,5-6,9-12H2,(H,23,26)/t16-,17+/m1/s1. The number of fused-ring (bicyclic) bond motifs is 1. The predicted octanol–water partition coefficient (Wildman–Crippen LogP) is 1.70. The zero-order valence-electron chi connectivity index (χ0n) is 15.8. The van der Waals surface area contributed by atoms with E-state index in [-0.39, 0.29) is 30.7 Å². The van der Waals surface area contributed by atoms with E-state index in [0.717, 1.165) is 38.8 Å². The number of rotatable bonds is 2. The quantitative estimate of drug-likeness (QED) is 0.814. The number of nitrogens with one attached hydrogen (secondary N) is 1. The second-order valence-corrected chi connectivity index (χ2v) is 9.32. The molecule has 150 valence electrons. The monoisotopic (exact) mass is 404 g/mol. The molecule has 0 unspecified atom stereocenters. The minimum absolute atomic E-state index is 0.0397. The molecule has 3 saturated heterocycles. The third kappa shape index (κ3) is 3.35. The van der Waals surface area contributed by atoms with Gasteiger partial charge in [-0.25, -0.2) is 4.79 Å². The van der Waals surface area contributed by atoms with Gasteiger partial charge >= 0.3 is 6.03 Å². The highest BCUT2D eigenvalue weighted by Gasteiger charge is 2.54. The number of morpholine rings is 1. The predicted molar refractivity (Wildman–Crippen MR) is 103 cm³/mol. The molecule has 5 rings (SSSR count). The molecule has 1 aromatic heterocycles. The Morgan fingerprint density at radius 1 is 1.32 bits per heavy atom. The molecule has 4 aliphatic rings. The summed E-state index contributed by atoms with van der Waals surface area (Å²) in [5.41, 5.74) is 1.51. The fourth-order valence-corrected chi connectivity index (χ4v) is 5.64. The smallest absolute Gasteiger partial charge is 0.320 e. The molecule has 1 N–H and O–H groups in total. The summed E-state index contributed by atoms with van der Waals surface area (Å²) in [6.07, 6.45) is 7.72. The molecule has 8 heteroatoms. The maximum atomic E-state index is 12.8. The second-order valence-electron chi connectivity index (χ2n) is 8.89. The van der Waals surface area contributed by atoms with Gasteiger partial charge in [0.25, 0.3) is 0 Å². The number of aromatic nitrogens is 1. The molecule has 0 bridgehead atoms. The molecule has 1 aliphatic carbocycles. The highest BCUT2D eigenvalue weighted by Crippen LogP contribution is 2.53. The van der Waals surface area contributed by atoms with Gasteiger partial charge in [0.05, 0.1) is 17.2 Å². The summed E-state index contributed by atoms with van der Waals surface area (Å²) in [4.78, 5) is 32.4. The molecule has 4 fully saturated rings. The molecule has 4 heterocycles. The van der Waals surface area contributed by atoms with Gasteiger partial charge in [-0.3, -0.25) is 9.78 Å². The summed E-state index contributed by atoms with van der Waals surface area (Å²) in [5.74, 6) is 0.566. The van der Waals surface area contributed by atoms with Gasteiger partial charge in [-0.1, -0.05) is 11.6 Å². The van der Waals surface area contributed by atoms with E-state index in [1.54, 1.807) is 6.20 Å². The number of likely N-dealkylation sites (tertiary alicyclic amines) is 2. The first-order chi connectivity index (χ1) is 13.5. The Morgan fingerprint density at radius 2 is 2.14 bits per heavy atom. The maximum Gasteiger partial charge on any atom is 0.320 e. The lowest BCUT2D eigenvalue weighted by atomic mass is 9.56. The van der Waals surface area contributed by atoms with Gasteiger partial charge < -0.3 is 19.9 Å². The van der Waals surface area contributed by atoms with E-state index in [9.17, 15) is 9.59 Å². The van der Waals surface area contributed by atoms with Crippen LogP contribution < -0.4 is 5.32 Å². The van der Waals surface area contributed by atoms with E-state index in [0.29, 0.717) is 29.4 Å². The zero-order chi connectivity index (χ0) is 19.3. The van der Waals surface area contributed by atoms with E-state index in [2.05, 4.69) is 10.3 Å². The van der Waals surface area contributed by atoms with Gasteiger partial charge in [0, 0.05) is 44.0 Å². The lowest BCUT2D eigenvalue weighted by molar-refractivity contribution is -0.140. The first-order valence-electron chi connectivity index (χ1n) is 10.0. The normalized spacial score (nSPS) is 29.0. The average molecular weight is 405 g/mol. The van der Waals surface area contributed by atoms with Crippen molar-refractivity contribution in [3.05, 3.63) is 29.0 Å². The number of carbonyl (C=O) groups is 2. The molecule has 0 radical (unpaired) electrons. The number of halogens is 1. The Labute approximate surface area is 169 Å². The molecule has 1 saturated carbocycles. The van der Waals surface area contributed by atoms with Crippen molar-refractivity contribution >= 4 is 23.5 Å². The van der Waals surface area contributed by atoms with Crippen molar-refractivity contribution in [2.24, 2.45) is 11.3 Å². The van der Waals surface area contributed by atoms with Gasteiger partial charge in [-0.2, -0.15) is 0 Å². The molecular formula is C20H25ClN4O3. The number of urea groups is 1. The highest BCUT2D eigenvalue weighted by atomic mass is 35.5. The Hall–Kier alpha value is -1.86. The number of amides is 3. The molecular weight excluding hydrogens is 380 g/mol. The summed E-state index contributed by atoms with van der Waals surface area (Å²) in [7, 11) is 0. The summed E-state index contributed by atoms with van der Waals surface area (Å²) in [5, 5.41) is 3.65. The van der Waals surface area contributed by atoms with Crippen LogP contribution in [0.3, 0.4) is 0 Å². The number of nitrogens with zero attached hydrogens (tertiary/aromatic N) is 3. The molecule has 1 aromatic rings. The van der Waals surface area contributed by atoms with Crippen molar-refractivity contribution in [3.63, 3.8) is 0 Å². The Morgan fingerprint density at radius 3 is 2.93 bits per heavy atom. The first-order valence-corrected chi connectivity index (χ1v) is 10.4. The number of piperidine rings is 1. The maximum absolute atomic E-state index is 12.8. The molecule has 3 amide bonds. The van der Waals surface area contributed by atoms with Crippen molar-refractivity contribution in [3.8, 4) is 0 Å². The first kappa shape index (κ1) is 18.2. The number of carbonyl (C=O) groups excluding carboxylic acids is 2. The van der Waals surface area contributed by atoms with Crippen molar-refractivity contribution < 1.29 is 14.3 Å². The topological polar surface area (TPSA) is 74.8 Å². The molecule has 7 nitrogen and oxygen atoms in total. The summed E-state index contributed by atoms with van der Waals surface area (Å²) in [6.45, 7) is 3.08. The van der Waals surface area contributed by atoms with Crippen molar-refractivity contribution in [1.29, 1.82) is 0 Å². The molecule has 2 atom stereocenters. The number of ether oxygens (including phenoxy) is 1. The van der Waals surface area contributed by atoms with Gasteiger partial charge in [0.15, 0.2) is 0 Å². The lowest BCUT2D eigenvalue weighted by Crippen LogP contribution is -2.68. The lowest BCUT2D eigenvalue weighted by Gasteiger charge is -2.60. The van der Waals surface area contributed by atoms with Crippen LogP contribution in [0.1, 0.15) is 24.8 Å². The molecule has 28 heavy (non-hydrogen) atoms. The fraction of sp³-hybridized carbons (Fsp3) is 0.650. The van der Waals surface area contributed by atoms with Crippen molar-refractivity contribution in [1.82, 2.24) is 20.1 Å². The Balaban J connectivity index is 1.10. The number of hydrogen-bond donors (Lipinski definition) is 1. The average Bonchev–Trinajstić information content (AvgIpc) is 2.61. The van der Waals surface area contributed by atoms with Gasteiger partial charge in [-0.05, 0) is 43.2 Å². The van der Waals surface area contributed by atoms with Gasteiger partial charge in [-0.15, -0.1) is 0 Å². The second kappa shape index (κ2) is 6.88. The highest BCUT2D eigenvalue weighted by molar-refractivity contribution is 6.30. The van der Waals surface area contributed by atoms with Crippen LogP contribution in [0.15, 0.2) is 18.5 Å². The summed E-state index contributed by atoms with van der Waals surface area (Å²) >= 11 is 6.02. The van der Waals surface area contributed by atoms with E-state index >= 15 is 0 Å². The van der Waals surface area contributed by atoms with Gasteiger partial charge in [0.2, 0.25) is 5.91 Å². The number of pyridine rings is 1. The summed E-state index contributed by atoms with van der Waals surface area (Å²) in [6, 6.07) is 2.02. The van der Waals surface area contributed by atoms with Crippen LogP contribution in [0.5, 0.6) is 0 Å². The fourth-order valence-electron chi connectivity index (χ4n) is 5.44. The van der Waals surface area contributed by atoms with E-state index in [1.807, 2.05) is 22.1 Å².